The third-order valence-corrected chi connectivity index (χ3v) is 4.72. The summed E-state index contributed by atoms with van der Waals surface area (Å²) in [6, 6.07) is 17.6. The fourth-order valence-corrected chi connectivity index (χ4v) is 3.07. The second-order valence-electron chi connectivity index (χ2n) is 6.91. The molecule has 0 fully saturated rings. The monoisotopic (exact) mass is 396 g/mol. The van der Waals surface area contributed by atoms with Gasteiger partial charge in [-0.2, -0.15) is 5.10 Å². The van der Waals surface area contributed by atoms with E-state index in [1.54, 1.807) is 0 Å². The molecule has 5 nitrogen and oxygen atoms in total. The quantitative estimate of drug-likeness (QED) is 0.604. The molecule has 3 N–H and O–H groups in total. The van der Waals surface area contributed by atoms with Gasteiger partial charge in [0, 0.05) is 41.4 Å². The van der Waals surface area contributed by atoms with Gasteiger partial charge in [0.05, 0.1) is 11.4 Å². The van der Waals surface area contributed by atoms with Crippen LogP contribution in [0.15, 0.2) is 60.8 Å². The van der Waals surface area contributed by atoms with E-state index in [2.05, 4.69) is 5.32 Å². The van der Waals surface area contributed by atoms with Crippen LogP contribution in [0.2, 0.25) is 5.02 Å². The maximum atomic E-state index is 12.0. The largest absolute Gasteiger partial charge is 0.356 e. The Morgan fingerprint density at radius 3 is 2.57 bits per heavy atom. The third-order valence-electron chi connectivity index (χ3n) is 4.47. The lowest BCUT2D eigenvalue weighted by Crippen LogP contribution is -2.27. The molecule has 0 aliphatic carbocycles. The Morgan fingerprint density at radius 1 is 1.18 bits per heavy atom. The van der Waals surface area contributed by atoms with Gasteiger partial charge in [0.2, 0.25) is 5.91 Å². The highest BCUT2D eigenvalue weighted by atomic mass is 35.5. The van der Waals surface area contributed by atoms with Crippen LogP contribution in [0.1, 0.15) is 25.3 Å². The molecule has 0 saturated carbocycles. The van der Waals surface area contributed by atoms with Crippen molar-refractivity contribution >= 4 is 17.5 Å². The number of halogens is 1. The van der Waals surface area contributed by atoms with Crippen LogP contribution in [0.3, 0.4) is 0 Å². The van der Waals surface area contributed by atoms with E-state index in [-0.39, 0.29) is 11.9 Å². The molecule has 1 amide bonds. The van der Waals surface area contributed by atoms with E-state index in [1.165, 1.54) is 0 Å². The van der Waals surface area contributed by atoms with Gasteiger partial charge in [-0.15, -0.1) is 0 Å². The number of aromatic nitrogens is 2. The van der Waals surface area contributed by atoms with Crippen molar-refractivity contribution in [2.75, 3.05) is 6.54 Å². The number of carbonyl (C=O) groups excluding carboxylic acids is 1. The molecule has 0 spiro atoms. The first-order valence-electron chi connectivity index (χ1n) is 9.45. The van der Waals surface area contributed by atoms with Crippen LogP contribution in [0.25, 0.3) is 16.9 Å². The second-order valence-corrected chi connectivity index (χ2v) is 7.34. The Hall–Kier alpha value is -2.63. The lowest BCUT2D eigenvalue weighted by atomic mass is 10.1. The Bertz CT molecular complexity index is 904. The van der Waals surface area contributed by atoms with Gasteiger partial charge in [-0.3, -0.25) is 4.79 Å². The van der Waals surface area contributed by atoms with Gasteiger partial charge < -0.3 is 11.1 Å². The first-order valence-corrected chi connectivity index (χ1v) is 9.83. The summed E-state index contributed by atoms with van der Waals surface area (Å²) in [6.45, 7) is 2.46. The predicted octanol–water partition coefficient (Wildman–Crippen LogP) is 3.98. The van der Waals surface area contributed by atoms with Crippen molar-refractivity contribution in [2.45, 2.75) is 32.2 Å². The number of hydrogen-bond donors (Lipinski definition) is 2. The van der Waals surface area contributed by atoms with Crippen LogP contribution in [-0.2, 0) is 11.2 Å². The van der Waals surface area contributed by atoms with Gasteiger partial charge in [-0.1, -0.05) is 41.9 Å². The van der Waals surface area contributed by atoms with Gasteiger partial charge in [-0.25, -0.2) is 4.68 Å². The Labute approximate surface area is 170 Å². The van der Waals surface area contributed by atoms with Crippen LogP contribution in [-0.4, -0.2) is 28.3 Å². The topological polar surface area (TPSA) is 72.9 Å². The summed E-state index contributed by atoms with van der Waals surface area (Å²) in [4.78, 5) is 12.0. The Morgan fingerprint density at radius 2 is 1.89 bits per heavy atom. The molecular weight excluding hydrogens is 372 g/mol. The normalized spacial score (nSPS) is 12.0. The summed E-state index contributed by atoms with van der Waals surface area (Å²) in [6.07, 6.45) is 3.85. The van der Waals surface area contributed by atoms with E-state index in [0.717, 1.165) is 22.5 Å². The number of para-hydroxylation sites is 1. The van der Waals surface area contributed by atoms with E-state index in [1.807, 2.05) is 72.4 Å². The van der Waals surface area contributed by atoms with Gasteiger partial charge in [0.1, 0.15) is 0 Å². The summed E-state index contributed by atoms with van der Waals surface area (Å²) in [5.41, 5.74) is 9.66. The third kappa shape index (κ3) is 5.44. The number of nitrogens with two attached hydrogens (primary N) is 1. The maximum Gasteiger partial charge on any atom is 0.220 e. The number of nitrogens with zero attached hydrogens (tertiary/aromatic N) is 2. The smallest absolute Gasteiger partial charge is 0.220 e. The molecule has 3 aromatic rings. The summed E-state index contributed by atoms with van der Waals surface area (Å²) in [7, 11) is 0. The molecule has 2 aromatic carbocycles. The molecule has 0 saturated heterocycles. The van der Waals surface area contributed by atoms with Crippen molar-refractivity contribution in [3.05, 3.63) is 71.4 Å². The first kappa shape index (κ1) is 20.1. The molecule has 1 atom stereocenters. The number of nitrogens with one attached hydrogen (secondary N) is 1. The molecule has 0 radical (unpaired) electrons. The molecule has 146 valence electrons. The van der Waals surface area contributed by atoms with E-state index < -0.39 is 0 Å². The predicted molar refractivity (Wildman–Crippen MR) is 114 cm³/mol. The molecule has 6 heteroatoms. The molecule has 3 rings (SSSR count). The average molecular weight is 397 g/mol. The highest BCUT2D eigenvalue weighted by Gasteiger charge is 2.13. The van der Waals surface area contributed by atoms with Crippen molar-refractivity contribution in [3.8, 4) is 16.9 Å². The zero-order chi connectivity index (χ0) is 19.9. The van der Waals surface area contributed by atoms with Crippen LogP contribution in [0.4, 0.5) is 0 Å². The van der Waals surface area contributed by atoms with Crippen LogP contribution in [0, 0.1) is 0 Å². The summed E-state index contributed by atoms with van der Waals surface area (Å²) >= 11 is 6.03. The van der Waals surface area contributed by atoms with Crippen LogP contribution >= 0.6 is 11.6 Å². The van der Waals surface area contributed by atoms with Crippen molar-refractivity contribution in [1.29, 1.82) is 0 Å². The molecule has 1 heterocycles. The molecule has 1 aromatic heterocycles. The number of benzene rings is 2. The molecule has 0 bridgehead atoms. The van der Waals surface area contributed by atoms with Gasteiger partial charge >= 0.3 is 0 Å². The van der Waals surface area contributed by atoms with Gasteiger partial charge in [-0.05, 0) is 44.0 Å². The minimum Gasteiger partial charge on any atom is -0.356 e. The minimum absolute atomic E-state index is 0.0285. The highest BCUT2D eigenvalue weighted by Crippen LogP contribution is 2.25. The standard InChI is InChI=1S/C22H25ClN4O/c1-16(24)7-12-21(28)25-14-13-18-15-27(20-5-3-2-4-6-20)26-22(18)17-8-10-19(23)11-9-17/h2-6,8-11,15-16H,7,12-14,24H2,1H3,(H,25,28). The molecule has 0 aliphatic rings. The lowest BCUT2D eigenvalue weighted by molar-refractivity contribution is -0.121. The SMILES string of the molecule is CC(N)CCC(=O)NCCc1cn(-c2ccccc2)nc1-c1ccc(Cl)cc1. The van der Waals surface area contributed by atoms with Gasteiger partial charge in [0.25, 0.3) is 0 Å². The van der Waals surface area contributed by atoms with Crippen molar-refractivity contribution in [3.63, 3.8) is 0 Å². The van der Waals surface area contributed by atoms with Gasteiger partial charge in [0.15, 0.2) is 0 Å². The average Bonchev–Trinajstić information content (AvgIpc) is 3.12. The first-order chi connectivity index (χ1) is 13.5. The lowest BCUT2D eigenvalue weighted by Gasteiger charge is -2.07. The molecule has 1 unspecified atom stereocenters. The van der Waals surface area contributed by atoms with Crippen LogP contribution < -0.4 is 11.1 Å². The zero-order valence-corrected chi connectivity index (χ0v) is 16.7. The highest BCUT2D eigenvalue weighted by molar-refractivity contribution is 6.30. The van der Waals surface area contributed by atoms with Crippen molar-refractivity contribution < 1.29 is 4.79 Å². The fourth-order valence-electron chi connectivity index (χ4n) is 2.94. The van der Waals surface area contributed by atoms with E-state index in [9.17, 15) is 4.79 Å². The summed E-state index contributed by atoms with van der Waals surface area (Å²) in [5, 5.41) is 8.44. The van der Waals surface area contributed by atoms with Crippen molar-refractivity contribution in [2.24, 2.45) is 5.73 Å². The minimum atomic E-state index is 0.0285. The number of amides is 1. The van der Waals surface area contributed by atoms with Crippen LogP contribution in [0.5, 0.6) is 0 Å². The van der Waals surface area contributed by atoms with Crippen molar-refractivity contribution in [1.82, 2.24) is 15.1 Å². The summed E-state index contributed by atoms with van der Waals surface area (Å²) < 4.78 is 1.87. The Balaban J connectivity index is 1.77. The number of rotatable bonds is 8. The molecule has 0 aliphatic heterocycles. The number of carbonyl (C=O) groups is 1. The zero-order valence-electron chi connectivity index (χ0n) is 15.9. The maximum absolute atomic E-state index is 12.0. The summed E-state index contributed by atoms with van der Waals surface area (Å²) in [5.74, 6) is 0.0285. The molecular formula is C22H25ClN4O. The fraction of sp³-hybridized carbons (Fsp3) is 0.273. The van der Waals surface area contributed by atoms with E-state index >= 15 is 0 Å². The van der Waals surface area contributed by atoms with E-state index in [4.69, 9.17) is 22.4 Å². The Kier molecular flexibility index (Phi) is 6.85. The van der Waals surface area contributed by atoms with E-state index in [0.29, 0.717) is 30.8 Å². The number of hydrogen-bond acceptors (Lipinski definition) is 3. The second kappa shape index (κ2) is 9.53. The molecule has 28 heavy (non-hydrogen) atoms.